The fourth-order valence-corrected chi connectivity index (χ4v) is 4.45. The summed E-state index contributed by atoms with van der Waals surface area (Å²) in [6.45, 7) is 1.77. The van der Waals surface area contributed by atoms with Crippen molar-refractivity contribution in [1.29, 1.82) is 5.41 Å². The predicted molar refractivity (Wildman–Crippen MR) is 116 cm³/mol. The average Bonchev–Trinajstić information content (AvgIpc) is 3.42. The van der Waals surface area contributed by atoms with Gasteiger partial charge in [-0.2, -0.15) is 13.2 Å². The fraction of sp³-hybridized carbons (Fsp3) is 0.400. The molecule has 3 aromatic rings. The molecule has 1 aliphatic rings. The number of aromatic nitrogens is 5. The van der Waals surface area contributed by atoms with E-state index in [-0.39, 0.29) is 17.0 Å². The zero-order valence-corrected chi connectivity index (χ0v) is 18.5. The first-order valence-electron chi connectivity index (χ1n) is 9.98. The maximum absolute atomic E-state index is 13.1. The van der Waals surface area contributed by atoms with Gasteiger partial charge in [0, 0.05) is 43.7 Å². The highest BCUT2D eigenvalue weighted by Gasteiger charge is 2.34. The molecule has 0 spiro atoms. The van der Waals surface area contributed by atoms with E-state index in [1.54, 1.807) is 36.2 Å². The SMILES string of the molecule is CC[S+]([O-])c1c(-c2nc3cc(C(F)(F)F)cnc3n2C)nc(/C(=C/C=N)NC2CC2)n1C. The van der Waals surface area contributed by atoms with Crippen LogP contribution in [-0.4, -0.2) is 46.6 Å². The number of pyridine rings is 1. The van der Waals surface area contributed by atoms with Crippen LogP contribution in [0.5, 0.6) is 0 Å². The summed E-state index contributed by atoms with van der Waals surface area (Å²) in [5, 5.41) is 11.2. The molecule has 0 saturated heterocycles. The molecule has 0 radical (unpaired) electrons. The number of halogens is 3. The van der Waals surface area contributed by atoms with E-state index in [0.29, 0.717) is 34.0 Å². The molecule has 0 bridgehead atoms. The van der Waals surface area contributed by atoms with Crippen LogP contribution in [0.4, 0.5) is 13.2 Å². The van der Waals surface area contributed by atoms with Crippen molar-refractivity contribution in [2.45, 2.75) is 37.0 Å². The van der Waals surface area contributed by atoms with Gasteiger partial charge in [0.1, 0.15) is 11.3 Å². The van der Waals surface area contributed by atoms with Gasteiger partial charge >= 0.3 is 6.18 Å². The fourth-order valence-electron chi connectivity index (χ4n) is 3.43. The van der Waals surface area contributed by atoms with E-state index >= 15 is 0 Å². The van der Waals surface area contributed by atoms with Crippen LogP contribution in [0.1, 0.15) is 31.2 Å². The summed E-state index contributed by atoms with van der Waals surface area (Å²) in [7, 11) is 3.36. The Morgan fingerprint density at radius 1 is 1.31 bits per heavy atom. The summed E-state index contributed by atoms with van der Waals surface area (Å²) >= 11 is -1.42. The average molecular weight is 466 g/mol. The van der Waals surface area contributed by atoms with Crippen molar-refractivity contribution in [3.63, 3.8) is 0 Å². The summed E-state index contributed by atoms with van der Waals surface area (Å²) in [6, 6.07) is 1.24. The Hall–Kier alpha value is -2.86. The number of alkyl halides is 3. The first-order chi connectivity index (χ1) is 15.2. The first kappa shape index (κ1) is 22.3. The molecule has 2 N–H and O–H groups in total. The van der Waals surface area contributed by atoms with Gasteiger partial charge in [0.05, 0.1) is 11.3 Å². The predicted octanol–water partition coefficient (Wildman–Crippen LogP) is 3.26. The Labute approximate surface area is 185 Å². The third-order valence-electron chi connectivity index (χ3n) is 5.20. The number of nitrogens with zero attached hydrogens (tertiary/aromatic N) is 5. The van der Waals surface area contributed by atoms with Crippen LogP contribution in [-0.2, 0) is 31.4 Å². The molecule has 0 amide bonds. The zero-order chi connectivity index (χ0) is 23.2. The Balaban J connectivity index is 1.90. The molecular formula is C20H22F3N7OS. The molecule has 170 valence electrons. The van der Waals surface area contributed by atoms with Gasteiger partial charge in [-0.3, -0.25) is 4.57 Å². The Bertz CT molecular complexity index is 1210. The number of hydrogen-bond acceptors (Lipinski definition) is 6. The smallest absolute Gasteiger partial charge is 0.417 e. The lowest BCUT2D eigenvalue weighted by atomic mass is 10.2. The Morgan fingerprint density at radius 2 is 2.03 bits per heavy atom. The number of aryl methyl sites for hydroxylation is 1. The van der Waals surface area contributed by atoms with Crippen molar-refractivity contribution in [1.82, 2.24) is 29.4 Å². The van der Waals surface area contributed by atoms with Crippen molar-refractivity contribution < 1.29 is 17.7 Å². The van der Waals surface area contributed by atoms with Crippen molar-refractivity contribution in [2.24, 2.45) is 14.1 Å². The van der Waals surface area contributed by atoms with Gasteiger partial charge in [0.2, 0.25) is 0 Å². The van der Waals surface area contributed by atoms with E-state index in [1.807, 2.05) is 0 Å². The number of allylic oxidation sites excluding steroid dienone is 1. The first-order valence-corrected chi connectivity index (χ1v) is 11.3. The lowest BCUT2D eigenvalue weighted by Gasteiger charge is -2.12. The largest absolute Gasteiger partial charge is 0.610 e. The molecule has 1 fully saturated rings. The minimum Gasteiger partial charge on any atom is -0.610 e. The van der Waals surface area contributed by atoms with Crippen LogP contribution in [0.2, 0.25) is 0 Å². The molecule has 4 rings (SSSR count). The molecule has 3 aromatic heterocycles. The highest BCUT2D eigenvalue weighted by atomic mass is 32.2. The number of nitrogens with one attached hydrogen (secondary N) is 2. The lowest BCUT2D eigenvalue weighted by molar-refractivity contribution is -0.137. The maximum Gasteiger partial charge on any atom is 0.417 e. The highest BCUT2D eigenvalue weighted by molar-refractivity contribution is 7.91. The molecule has 1 unspecified atom stereocenters. The van der Waals surface area contributed by atoms with Crippen LogP contribution < -0.4 is 5.32 Å². The molecular weight excluding hydrogens is 443 g/mol. The van der Waals surface area contributed by atoms with Crippen molar-refractivity contribution in [3.8, 4) is 11.5 Å². The standard InChI is InChI=1S/C20H22F3N7OS/c1-4-32(31)19-15(28-17(30(19)3)13(7-8-24)26-12-5-6-12)18-27-14-9-11(20(21,22)23)10-25-16(14)29(18)2/h7-10,12,24,26H,4-6H2,1-3H3/b13-7-,24-8?. The van der Waals surface area contributed by atoms with Crippen LogP contribution in [0.25, 0.3) is 28.4 Å². The Morgan fingerprint density at radius 3 is 2.62 bits per heavy atom. The highest BCUT2D eigenvalue weighted by Crippen LogP contribution is 2.34. The number of imidazole rings is 2. The minimum absolute atomic E-state index is 0.0733. The third kappa shape index (κ3) is 3.99. The van der Waals surface area contributed by atoms with Crippen molar-refractivity contribution >= 4 is 34.3 Å². The second kappa shape index (κ2) is 8.24. The normalized spacial score (nSPS) is 15.9. The van der Waals surface area contributed by atoms with E-state index in [4.69, 9.17) is 5.41 Å². The quantitative estimate of drug-likeness (QED) is 0.411. The van der Waals surface area contributed by atoms with Crippen LogP contribution in [0.3, 0.4) is 0 Å². The summed E-state index contributed by atoms with van der Waals surface area (Å²) < 4.78 is 55.5. The van der Waals surface area contributed by atoms with E-state index in [1.165, 1.54) is 0 Å². The summed E-state index contributed by atoms with van der Waals surface area (Å²) in [5.74, 6) is 1.07. The van der Waals surface area contributed by atoms with Gasteiger partial charge in [0.25, 0.3) is 5.03 Å². The summed E-state index contributed by atoms with van der Waals surface area (Å²) in [5.41, 5.74) is 0.370. The number of rotatable bonds is 7. The molecule has 1 aliphatic carbocycles. The van der Waals surface area contributed by atoms with Gasteiger partial charge in [0.15, 0.2) is 23.0 Å². The van der Waals surface area contributed by atoms with Gasteiger partial charge in [-0.05, 0) is 31.9 Å². The number of fused-ring (bicyclic) bond motifs is 1. The topological polar surface area (TPSA) is 107 Å². The molecule has 12 heteroatoms. The second-order valence-electron chi connectivity index (χ2n) is 7.51. The second-order valence-corrected chi connectivity index (χ2v) is 9.16. The molecule has 0 aliphatic heterocycles. The molecule has 3 heterocycles. The van der Waals surface area contributed by atoms with Crippen molar-refractivity contribution in [2.75, 3.05) is 5.75 Å². The zero-order valence-electron chi connectivity index (χ0n) is 17.7. The molecule has 1 atom stereocenters. The molecule has 0 aromatic carbocycles. The van der Waals surface area contributed by atoms with Crippen LogP contribution >= 0.6 is 0 Å². The van der Waals surface area contributed by atoms with E-state index in [9.17, 15) is 17.7 Å². The van der Waals surface area contributed by atoms with Crippen LogP contribution in [0.15, 0.2) is 23.4 Å². The van der Waals surface area contributed by atoms with E-state index < -0.39 is 22.9 Å². The molecule has 1 saturated carbocycles. The van der Waals surface area contributed by atoms with Gasteiger partial charge in [-0.15, -0.1) is 0 Å². The maximum atomic E-state index is 13.1. The van der Waals surface area contributed by atoms with Crippen molar-refractivity contribution in [3.05, 3.63) is 29.7 Å². The Kier molecular flexibility index (Phi) is 5.76. The van der Waals surface area contributed by atoms with Crippen LogP contribution in [0, 0.1) is 5.41 Å². The molecule has 8 nitrogen and oxygen atoms in total. The van der Waals surface area contributed by atoms with E-state index in [0.717, 1.165) is 31.3 Å². The summed E-state index contributed by atoms with van der Waals surface area (Å²) in [4.78, 5) is 13.0. The van der Waals surface area contributed by atoms with E-state index in [2.05, 4.69) is 20.3 Å². The number of hydrogen-bond donors (Lipinski definition) is 2. The van der Waals surface area contributed by atoms with Gasteiger partial charge in [-0.25, -0.2) is 15.0 Å². The summed E-state index contributed by atoms with van der Waals surface area (Å²) in [6.07, 6.45) is 0.985. The lowest BCUT2D eigenvalue weighted by Crippen LogP contribution is -2.18. The van der Waals surface area contributed by atoms with Gasteiger partial charge < -0.3 is 19.8 Å². The minimum atomic E-state index is -4.53. The molecule has 32 heavy (non-hydrogen) atoms. The third-order valence-corrected chi connectivity index (χ3v) is 6.62. The van der Waals surface area contributed by atoms with Gasteiger partial charge in [-0.1, -0.05) is 0 Å². The monoisotopic (exact) mass is 465 g/mol.